The number of oxazole rings is 1. The molecule has 0 spiro atoms. The smallest absolute Gasteiger partial charge is 0.263 e. The summed E-state index contributed by atoms with van der Waals surface area (Å²) in [7, 11) is -3.89. The van der Waals surface area contributed by atoms with Crippen LogP contribution in [-0.2, 0) is 16.4 Å². The lowest BCUT2D eigenvalue weighted by Crippen LogP contribution is -2.13. The second-order valence-corrected chi connectivity index (χ2v) is 8.96. The van der Waals surface area contributed by atoms with Crippen molar-refractivity contribution in [1.82, 2.24) is 4.98 Å². The molecule has 3 aromatic carbocycles. The Hall–Kier alpha value is -2.80. The van der Waals surface area contributed by atoms with E-state index in [1.165, 1.54) is 12.1 Å². The van der Waals surface area contributed by atoms with Crippen LogP contribution in [0.3, 0.4) is 0 Å². The first-order valence-corrected chi connectivity index (χ1v) is 11.2. The van der Waals surface area contributed by atoms with Gasteiger partial charge in [0, 0.05) is 6.42 Å². The van der Waals surface area contributed by atoms with Gasteiger partial charge in [0.2, 0.25) is 5.89 Å². The number of anilines is 1. The molecule has 0 saturated carbocycles. The van der Waals surface area contributed by atoms with E-state index in [0.717, 1.165) is 5.56 Å². The van der Waals surface area contributed by atoms with Crippen molar-refractivity contribution in [3.05, 3.63) is 100 Å². The van der Waals surface area contributed by atoms with E-state index in [2.05, 4.69) is 9.71 Å². The summed E-state index contributed by atoms with van der Waals surface area (Å²) in [5.41, 5.74) is 1.34. The first-order chi connectivity index (χ1) is 14.4. The molecule has 1 heterocycles. The summed E-state index contributed by atoms with van der Waals surface area (Å²) in [6, 6.07) is 22.6. The van der Waals surface area contributed by atoms with Crippen molar-refractivity contribution >= 4 is 39.0 Å². The molecule has 0 atom stereocenters. The minimum absolute atomic E-state index is 0.0276. The number of benzene rings is 3. The van der Waals surface area contributed by atoms with E-state index >= 15 is 0 Å². The van der Waals surface area contributed by atoms with E-state index in [9.17, 15) is 8.42 Å². The Morgan fingerprint density at radius 2 is 1.43 bits per heavy atom. The van der Waals surface area contributed by atoms with Gasteiger partial charge in [0.1, 0.15) is 0 Å². The van der Waals surface area contributed by atoms with E-state index in [1.54, 1.807) is 36.4 Å². The lowest BCUT2D eigenvalue weighted by atomic mass is 10.1. The first kappa shape index (κ1) is 20.5. The third-order valence-corrected chi connectivity index (χ3v) is 6.33. The Labute approximate surface area is 184 Å². The van der Waals surface area contributed by atoms with Crippen molar-refractivity contribution in [1.29, 1.82) is 0 Å². The van der Waals surface area contributed by atoms with Crippen molar-refractivity contribution in [3.63, 3.8) is 0 Å². The van der Waals surface area contributed by atoms with Crippen LogP contribution in [0.5, 0.6) is 0 Å². The molecule has 152 valence electrons. The molecule has 0 amide bonds. The van der Waals surface area contributed by atoms with E-state index < -0.39 is 10.0 Å². The third-order valence-electron chi connectivity index (χ3n) is 4.34. The number of sulfonamides is 1. The van der Waals surface area contributed by atoms with Gasteiger partial charge in [-0.25, -0.2) is 8.42 Å². The molecule has 4 rings (SSSR count). The van der Waals surface area contributed by atoms with Crippen LogP contribution in [0.4, 0.5) is 5.82 Å². The Morgan fingerprint density at radius 3 is 2.07 bits per heavy atom. The van der Waals surface area contributed by atoms with E-state index in [0.29, 0.717) is 27.9 Å². The largest absolute Gasteiger partial charge is 0.438 e. The highest BCUT2D eigenvalue weighted by Gasteiger charge is 2.24. The molecule has 30 heavy (non-hydrogen) atoms. The van der Waals surface area contributed by atoms with Crippen molar-refractivity contribution in [2.75, 3.05) is 4.72 Å². The fourth-order valence-electron chi connectivity index (χ4n) is 2.95. The minimum Gasteiger partial charge on any atom is -0.438 e. The average molecular weight is 459 g/mol. The molecule has 0 unspecified atom stereocenters. The zero-order chi connectivity index (χ0) is 21.1. The van der Waals surface area contributed by atoms with Crippen LogP contribution in [-0.4, -0.2) is 13.4 Å². The summed E-state index contributed by atoms with van der Waals surface area (Å²) in [6.45, 7) is 0. The number of nitrogens with one attached hydrogen (secondary N) is 1. The maximum Gasteiger partial charge on any atom is 0.263 e. The van der Waals surface area contributed by atoms with Crippen molar-refractivity contribution < 1.29 is 12.8 Å². The van der Waals surface area contributed by atoms with E-state index in [4.69, 9.17) is 27.6 Å². The highest BCUT2D eigenvalue weighted by molar-refractivity contribution is 7.92. The van der Waals surface area contributed by atoms with Gasteiger partial charge in [-0.05, 0) is 29.8 Å². The maximum absolute atomic E-state index is 12.9. The second kappa shape index (κ2) is 8.52. The number of halogens is 2. The van der Waals surface area contributed by atoms with Crippen LogP contribution < -0.4 is 4.72 Å². The maximum atomic E-state index is 12.9. The van der Waals surface area contributed by atoms with Crippen LogP contribution in [0.1, 0.15) is 11.5 Å². The monoisotopic (exact) mass is 458 g/mol. The molecule has 0 aliphatic rings. The normalized spacial score (nSPS) is 11.4. The molecule has 0 fully saturated rings. The summed E-state index contributed by atoms with van der Waals surface area (Å²) < 4.78 is 34.2. The molecule has 0 aliphatic heterocycles. The van der Waals surface area contributed by atoms with Crippen molar-refractivity contribution in [2.24, 2.45) is 0 Å². The van der Waals surface area contributed by atoms with Crippen LogP contribution in [0.15, 0.2) is 88.2 Å². The topological polar surface area (TPSA) is 72.2 Å². The van der Waals surface area contributed by atoms with Gasteiger partial charge in [0.15, 0.2) is 11.6 Å². The van der Waals surface area contributed by atoms with E-state index in [-0.39, 0.29) is 16.5 Å². The van der Waals surface area contributed by atoms with Crippen LogP contribution in [0, 0.1) is 0 Å². The van der Waals surface area contributed by atoms with Gasteiger partial charge in [-0.1, -0.05) is 77.8 Å². The average Bonchev–Trinajstić information content (AvgIpc) is 3.10. The van der Waals surface area contributed by atoms with Gasteiger partial charge in [-0.3, -0.25) is 4.72 Å². The summed E-state index contributed by atoms with van der Waals surface area (Å²) >= 11 is 12.7. The van der Waals surface area contributed by atoms with Crippen molar-refractivity contribution in [3.8, 4) is 11.3 Å². The van der Waals surface area contributed by atoms with Gasteiger partial charge in [-0.2, -0.15) is 4.98 Å². The summed E-state index contributed by atoms with van der Waals surface area (Å²) in [4.78, 5) is 4.51. The lowest BCUT2D eigenvalue weighted by molar-refractivity contribution is 0.519. The SMILES string of the molecule is O=S(=O)(Nc1nc(Cc2ccccc2)oc1-c1c(Cl)cccc1Cl)c1ccccc1. The highest BCUT2D eigenvalue weighted by Crippen LogP contribution is 2.40. The lowest BCUT2D eigenvalue weighted by Gasteiger charge is -2.08. The summed E-state index contributed by atoms with van der Waals surface area (Å²) in [6.07, 6.45) is 0.378. The molecule has 0 bridgehead atoms. The zero-order valence-electron chi connectivity index (χ0n) is 15.5. The Morgan fingerprint density at radius 1 is 0.833 bits per heavy atom. The van der Waals surface area contributed by atoms with Crippen LogP contribution in [0.25, 0.3) is 11.3 Å². The number of hydrogen-bond donors (Lipinski definition) is 1. The molecular weight excluding hydrogens is 443 g/mol. The molecular formula is C22H16Cl2N2O3S. The Kier molecular flexibility index (Phi) is 5.81. The fraction of sp³-hybridized carbons (Fsp3) is 0.0455. The predicted octanol–water partition coefficient (Wildman–Crippen LogP) is 6.04. The van der Waals surface area contributed by atoms with Crippen molar-refractivity contribution in [2.45, 2.75) is 11.3 Å². The Balaban J connectivity index is 1.80. The number of rotatable bonds is 6. The van der Waals surface area contributed by atoms with Gasteiger partial charge in [0.25, 0.3) is 10.0 Å². The quantitative estimate of drug-likeness (QED) is 0.382. The molecule has 5 nitrogen and oxygen atoms in total. The van der Waals surface area contributed by atoms with E-state index in [1.807, 2.05) is 30.3 Å². The minimum atomic E-state index is -3.89. The standard InChI is InChI=1S/C22H16Cl2N2O3S/c23-17-12-7-13-18(24)20(17)21-22(26-30(27,28)16-10-5-2-6-11-16)25-19(29-21)14-15-8-3-1-4-9-15/h1-13,26H,14H2. The molecule has 0 saturated heterocycles. The van der Waals surface area contributed by atoms with Gasteiger partial charge >= 0.3 is 0 Å². The second-order valence-electron chi connectivity index (χ2n) is 6.46. The predicted molar refractivity (Wildman–Crippen MR) is 118 cm³/mol. The summed E-state index contributed by atoms with van der Waals surface area (Å²) in [5.74, 6) is 0.522. The van der Waals surface area contributed by atoms with Crippen LogP contribution >= 0.6 is 23.2 Å². The molecule has 0 radical (unpaired) electrons. The number of aromatic nitrogens is 1. The number of hydrogen-bond acceptors (Lipinski definition) is 4. The highest BCUT2D eigenvalue weighted by atomic mass is 35.5. The molecule has 1 aromatic heterocycles. The summed E-state index contributed by atoms with van der Waals surface area (Å²) in [5, 5.41) is 0.648. The number of nitrogens with zero attached hydrogens (tertiary/aromatic N) is 1. The third kappa shape index (κ3) is 4.36. The Bertz CT molecular complexity index is 1250. The zero-order valence-corrected chi connectivity index (χ0v) is 17.9. The molecule has 0 aliphatic carbocycles. The van der Waals surface area contributed by atoms with Gasteiger partial charge in [-0.15, -0.1) is 0 Å². The van der Waals surface area contributed by atoms with Crippen LogP contribution in [0.2, 0.25) is 10.0 Å². The fourth-order valence-corrected chi connectivity index (χ4v) is 4.54. The van der Waals surface area contributed by atoms with Gasteiger partial charge < -0.3 is 4.42 Å². The molecule has 8 heteroatoms. The molecule has 4 aromatic rings. The molecule has 1 N–H and O–H groups in total. The first-order valence-electron chi connectivity index (χ1n) is 9.00. The van der Waals surface area contributed by atoms with Gasteiger partial charge in [0.05, 0.1) is 20.5 Å².